The topological polar surface area (TPSA) is 37.9 Å². The van der Waals surface area contributed by atoms with E-state index in [0.29, 0.717) is 0 Å². The van der Waals surface area contributed by atoms with Gasteiger partial charge in [-0.2, -0.15) is 5.10 Å². The van der Waals surface area contributed by atoms with E-state index in [2.05, 4.69) is 26.1 Å². The summed E-state index contributed by atoms with van der Waals surface area (Å²) in [4.78, 5) is 0. The van der Waals surface area contributed by atoms with Crippen molar-refractivity contribution >= 4 is 15.9 Å². The van der Waals surface area contributed by atoms with Gasteiger partial charge in [0, 0.05) is 11.8 Å². The Hall–Kier alpha value is -1.29. The van der Waals surface area contributed by atoms with Crippen molar-refractivity contribution < 1.29 is 4.74 Å². The van der Waals surface area contributed by atoms with Crippen LogP contribution in [0.3, 0.4) is 0 Å². The van der Waals surface area contributed by atoms with Gasteiger partial charge in [0.1, 0.15) is 5.75 Å². The minimum absolute atomic E-state index is 0.823. The Kier molecular flexibility index (Phi) is 2.54. The third-order valence-electron chi connectivity index (χ3n) is 1.95. The molecular weight excluding hydrogens is 244 g/mol. The highest BCUT2D eigenvalue weighted by atomic mass is 79.9. The third-order valence-corrected chi connectivity index (χ3v) is 2.57. The molecule has 4 heteroatoms. The largest absolute Gasteiger partial charge is 0.496 e. The van der Waals surface area contributed by atoms with Crippen molar-refractivity contribution in [3.8, 4) is 17.0 Å². The van der Waals surface area contributed by atoms with Gasteiger partial charge < -0.3 is 4.74 Å². The molecule has 1 aromatic heterocycles. The van der Waals surface area contributed by atoms with Crippen LogP contribution in [-0.2, 0) is 0 Å². The molecular formula is C10H9BrN2O. The molecule has 0 aliphatic carbocycles. The fourth-order valence-electron chi connectivity index (χ4n) is 1.25. The first kappa shape index (κ1) is 9.27. The molecule has 0 amide bonds. The molecule has 1 N–H and O–H groups in total. The van der Waals surface area contributed by atoms with E-state index >= 15 is 0 Å². The maximum Gasteiger partial charge on any atom is 0.133 e. The zero-order chi connectivity index (χ0) is 9.97. The number of nitrogens with zero attached hydrogens (tertiary/aromatic N) is 1. The first-order valence-electron chi connectivity index (χ1n) is 4.15. The van der Waals surface area contributed by atoms with Gasteiger partial charge in [-0.05, 0) is 40.2 Å². The van der Waals surface area contributed by atoms with Crippen molar-refractivity contribution in [2.24, 2.45) is 0 Å². The molecule has 2 rings (SSSR count). The average molecular weight is 253 g/mol. The number of hydrogen-bond acceptors (Lipinski definition) is 2. The first-order valence-corrected chi connectivity index (χ1v) is 4.94. The molecule has 0 aliphatic heterocycles. The van der Waals surface area contributed by atoms with Gasteiger partial charge in [0.2, 0.25) is 0 Å². The molecule has 0 aliphatic rings. The van der Waals surface area contributed by atoms with Gasteiger partial charge in [-0.3, -0.25) is 5.10 Å². The molecule has 0 radical (unpaired) electrons. The van der Waals surface area contributed by atoms with Gasteiger partial charge in [0.25, 0.3) is 0 Å². The molecule has 0 saturated carbocycles. The number of hydrogen-bond donors (Lipinski definition) is 1. The summed E-state index contributed by atoms with van der Waals surface area (Å²) in [5, 5.41) is 6.88. The smallest absolute Gasteiger partial charge is 0.133 e. The van der Waals surface area contributed by atoms with Crippen LogP contribution < -0.4 is 4.74 Å². The van der Waals surface area contributed by atoms with Crippen molar-refractivity contribution in [1.82, 2.24) is 10.2 Å². The second kappa shape index (κ2) is 3.84. The zero-order valence-electron chi connectivity index (χ0n) is 7.62. The minimum Gasteiger partial charge on any atom is -0.496 e. The van der Waals surface area contributed by atoms with Crippen molar-refractivity contribution in [2.45, 2.75) is 0 Å². The SMILES string of the molecule is COc1ccc(-c2cc[nH]n2)cc1Br. The highest BCUT2D eigenvalue weighted by Gasteiger charge is 2.04. The predicted octanol–water partition coefficient (Wildman–Crippen LogP) is 2.85. The minimum atomic E-state index is 0.823. The summed E-state index contributed by atoms with van der Waals surface area (Å²) in [7, 11) is 1.65. The number of rotatable bonds is 2. The highest BCUT2D eigenvalue weighted by Crippen LogP contribution is 2.29. The summed E-state index contributed by atoms with van der Waals surface area (Å²) < 4.78 is 6.07. The Labute approximate surface area is 90.2 Å². The summed E-state index contributed by atoms with van der Waals surface area (Å²) in [6.45, 7) is 0. The molecule has 1 heterocycles. The molecule has 0 bridgehead atoms. The Morgan fingerprint density at radius 2 is 2.21 bits per heavy atom. The zero-order valence-corrected chi connectivity index (χ0v) is 9.21. The lowest BCUT2D eigenvalue weighted by atomic mass is 10.1. The number of H-pyrrole nitrogens is 1. The molecule has 14 heavy (non-hydrogen) atoms. The quantitative estimate of drug-likeness (QED) is 0.893. The Morgan fingerprint density at radius 1 is 1.36 bits per heavy atom. The number of benzene rings is 1. The lowest BCUT2D eigenvalue weighted by Crippen LogP contribution is -1.85. The number of aromatic nitrogens is 2. The van der Waals surface area contributed by atoms with Crippen LogP contribution in [0.5, 0.6) is 5.75 Å². The monoisotopic (exact) mass is 252 g/mol. The molecule has 1 aromatic carbocycles. The molecule has 0 spiro atoms. The summed E-state index contributed by atoms with van der Waals surface area (Å²) in [6, 6.07) is 7.79. The maximum atomic E-state index is 5.14. The van der Waals surface area contributed by atoms with Gasteiger partial charge in [-0.1, -0.05) is 0 Å². The molecule has 72 valence electrons. The lowest BCUT2D eigenvalue weighted by Gasteiger charge is -2.03. The van der Waals surface area contributed by atoms with Crippen molar-refractivity contribution in [2.75, 3.05) is 7.11 Å². The highest BCUT2D eigenvalue weighted by molar-refractivity contribution is 9.10. The second-order valence-electron chi connectivity index (χ2n) is 2.81. The van der Waals surface area contributed by atoms with Crippen LogP contribution in [0, 0.1) is 0 Å². The molecule has 0 saturated heterocycles. The first-order chi connectivity index (χ1) is 6.81. The third kappa shape index (κ3) is 1.65. The number of aromatic amines is 1. The molecule has 0 fully saturated rings. The molecule has 0 atom stereocenters. The maximum absolute atomic E-state index is 5.14. The van der Waals surface area contributed by atoms with Crippen LogP contribution in [0.4, 0.5) is 0 Å². The summed E-state index contributed by atoms with van der Waals surface area (Å²) in [5.41, 5.74) is 1.98. The van der Waals surface area contributed by atoms with Crippen molar-refractivity contribution in [1.29, 1.82) is 0 Å². The van der Waals surface area contributed by atoms with Gasteiger partial charge in [-0.25, -0.2) is 0 Å². The number of nitrogens with one attached hydrogen (secondary N) is 1. The van der Waals surface area contributed by atoms with Gasteiger partial charge in [-0.15, -0.1) is 0 Å². The van der Waals surface area contributed by atoms with Crippen molar-refractivity contribution in [3.63, 3.8) is 0 Å². The van der Waals surface area contributed by atoms with Crippen LogP contribution in [0.15, 0.2) is 34.9 Å². The Morgan fingerprint density at radius 3 is 2.79 bits per heavy atom. The van der Waals surface area contributed by atoms with Gasteiger partial charge in [0.05, 0.1) is 17.3 Å². The van der Waals surface area contributed by atoms with E-state index in [1.54, 1.807) is 13.3 Å². The fraction of sp³-hybridized carbons (Fsp3) is 0.100. The van der Waals surface area contributed by atoms with E-state index in [0.717, 1.165) is 21.5 Å². The van der Waals surface area contributed by atoms with Crippen molar-refractivity contribution in [3.05, 3.63) is 34.9 Å². The van der Waals surface area contributed by atoms with E-state index in [9.17, 15) is 0 Å². The fourth-order valence-corrected chi connectivity index (χ4v) is 1.79. The molecule has 0 unspecified atom stereocenters. The average Bonchev–Trinajstić information content (AvgIpc) is 2.70. The van der Waals surface area contributed by atoms with Crippen LogP contribution in [0.1, 0.15) is 0 Å². The molecule has 2 aromatic rings. The Bertz CT molecular complexity index is 426. The second-order valence-corrected chi connectivity index (χ2v) is 3.66. The van der Waals surface area contributed by atoms with Gasteiger partial charge >= 0.3 is 0 Å². The van der Waals surface area contributed by atoms with Crippen LogP contribution in [-0.4, -0.2) is 17.3 Å². The Balaban J connectivity index is 2.43. The predicted molar refractivity (Wildman–Crippen MR) is 58.3 cm³/mol. The van der Waals surface area contributed by atoms with Crippen LogP contribution >= 0.6 is 15.9 Å². The van der Waals surface area contributed by atoms with E-state index in [1.807, 2.05) is 24.3 Å². The van der Waals surface area contributed by atoms with E-state index < -0.39 is 0 Å². The standard InChI is InChI=1S/C10H9BrN2O/c1-14-10-3-2-7(6-8(10)11)9-4-5-12-13-9/h2-6H,1H3,(H,12,13). The van der Waals surface area contributed by atoms with Gasteiger partial charge in [0.15, 0.2) is 0 Å². The van der Waals surface area contributed by atoms with E-state index in [4.69, 9.17) is 4.74 Å². The number of halogens is 1. The van der Waals surface area contributed by atoms with Crippen LogP contribution in [0.2, 0.25) is 0 Å². The summed E-state index contributed by atoms with van der Waals surface area (Å²) >= 11 is 3.43. The number of ether oxygens (including phenoxy) is 1. The number of methoxy groups -OCH3 is 1. The van der Waals surface area contributed by atoms with E-state index in [1.165, 1.54) is 0 Å². The van der Waals surface area contributed by atoms with Crippen LogP contribution in [0.25, 0.3) is 11.3 Å². The summed E-state index contributed by atoms with van der Waals surface area (Å²) in [5.74, 6) is 0.823. The lowest BCUT2D eigenvalue weighted by molar-refractivity contribution is 0.412. The normalized spacial score (nSPS) is 10.1. The molecule has 3 nitrogen and oxygen atoms in total. The van der Waals surface area contributed by atoms with E-state index in [-0.39, 0.29) is 0 Å². The summed E-state index contributed by atoms with van der Waals surface area (Å²) in [6.07, 6.45) is 1.80.